The van der Waals surface area contributed by atoms with Crippen LogP contribution >= 0.6 is 0 Å². The van der Waals surface area contributed by atoms with Crippen molar-refractivity contribution >= 4 is 16.7 Å². The zero-order valence-electron chi connectivity index (χ0n) is 14.5. The maximum Gasteiger partial charge on any atom is 0.162 e. The lowest BCUT2D eigenvalue weighted by Gasteiger charge is -2.35. The SMILES string of the molecule is CC(O)C1CCCN(c2nc(-c3ccccc3)nc3ccccc23)C1. The number of anilines is 1. The highest BCUT2D eigenvalue weighted by Gasteiger charge is 2.26. The maximum atomic E-state index is 10.0. The molecular weight excluding hydrogens is 310 g/mol. The van der Waals surface area contributed by atoms with Crippen molar-refractivity contribution < 1.29 is 5.11 Å². The smallest absolute Gasteiger partial charge is 0.162 e. The molecule has 0 radical (unpaired) electrons. The molecule has 1 aliphatic heterocycles. The highest BCUT2D eigenvalue weighted by Crippen LogP contribution is 2.31. The summed E-state index contributed by atoms with van der Waals surface area (Å²) in [4.78, 5) is 12.0. The number of para-hydroxylation sites is 1. The van der Waals surface area contributed by atoms with Crippen molar-refractivity contribution in [2.75, 3.05) is 18.0 Å². The Labute approximate surface area is 148 Å². The van der Waals surface area contributed by atoms with Gasteiger partial charge in [0.25, 0.3) is 0 Å². The van der Waals surface area contributed by atoms with Crippen LogP contribution in [-0.4, -0.2) is 34.3 Å². The number of hydrogen-bond donors (Lipinski definition) is 1. The Morgan fingerprint density at radius 2 is 1.80 bits per heavy atom. The number of hydrogen-bond acceptors (Lipinski definition) is 4. The molecule has 1 saturated heterocycles. The predicted octanol–water partition coefficient (Wildman–Crippen LogP) is 3.89. The summed E-state index contributed by atoms with van der Waals surface area (Å²) < 4.78 is 0. The topological polar surface area (TPSA) is 49.2 Å². The number of aliphatic hydroxyl groups is 1. The van der Waals surface area contributed by atoms with Gasteiger partial charge in [0.15, 0.2) is 5.82 Å². The third-order valence-corrected chi connectivity index (χ3v) is 5.05. The first-order chi connectivity index (χ1) is 12.2. The van der Waals surface area contributed by atoms with Gasteiger partial charge in [0.1, 0.15) is 5.82 Å². The molecule has 0 spiro atoms. The molecule has 128 valence electrons. The molecule has 0 bridgehead atoms. The normalized spacial score (nSPS) is 19.1. The average molecular weight is 333 g/mol. The highest BCUT2D eigenvalue weighted by atomic mass is 16.3. The summed E-state index contributed by atoms with van der Waals surface area (Å²) in [5.74, 6) is 2.03. The Kier molecular flexibility index (Phi) is 4.36. The Balaban J connectivity index is 1.81. The van der Waals surface area contributed by atoms with Gasteiger partial charge < -0.3 is 10.0 Å². The van der Waals surface area contributed by atoms with Crippen molar-refractivity contribution in [1.82, 2.24) is 9.97 Å². The van der Waals surface area contributed by atoms with E-state index in [1.165, 1.54) is 0 Å². The molecule has 4 heteroatoms. The number of nitrogens with zero attached hydrogens (tertiary/aromatic N) is 3. The minimum atomic E-state index is -0.288. The molecule has 2 atom stereocenters. The molecule has 4 nitrogen and oxygen atoms in total. The zero-order valence-corrected chi connectivity index (χ0v) is 14.5. The van der Waals surface area contributed by atoms with Crippen molar-refractivity contribution in [3.8, 4) is 11.4 Å². The van der Waals surface area contributed by atoms with E-state index in [1.54, 1.807) is 0 Å². The number of aliphatic hydroxyl groups excluding tert-OH is 1. The van der Waals surface area contributed by atoms with Gasteiger partial charge in [0.2, 0.25) is 0 Å². The first-order valence-corrected chi connectivity index (χ1v) is 8.97. The van der Waals surface area contributed by atoms with Gasteiger partial charge in [0, 0.05) is 30.0 Å². The van der Waals surface area contributed by atoms with Gasteiger partial charge in [-0.25, -0.2) is 9.97 Å². The molecule has 0 amide bonds. The molecule has 1 aromatic heterocycles. The largest absolute Gasteiger partial charge is 0.393 e. The molecule has 25 heavy (non-hydrogen) atoms. The number of piperidine rings is 1. The molecule has 2 heterocycles. The summed E-state index contributed by atoms with van der Waals surface area (Å²) in [5.41, 5.74) is 1.99. The van der Waals surface area contributed by atoms with Crippen LogP contribution in [0.2, 0.25) is 0 Å². The molecule has 0 saturated carbocycles. The van der Waals surface area contributed by atoms with Crippen molar-refractivity contribution in [3.05, 3.63) is 54.6 Å². The van der Waals surface area contributed by atoms with Crippen molar-refractivity contribution in [2.24, 2.45) is 5.92 Å². The van der Waals surface area contributed by atoms with Crippen LogP contribution in [0, 0.1) is 5.92 Å². The minimum absolute atomic E-state index is 0.288. The molecule has 1 N–H and O–H groups in total. The standard InChI is InChI=1S/C21H23N3O/c1-15(25)17-10-7-13-24(14-17)21-18-11-5-6-12-19(18)22-20(23-21)16-8-3-2-4-9-16/h2-6,8-9,11-12,15,17,25H,7,10,13-14H2,1H3. The number of aromatic nitrogens is 2. The lowest BCUT2D eigenvalue weighted by Crippen LogP contribution is -2.40. The molecular formula is C21H23N3O. The van der Waals surface area contributed by atoms with Crippen LogP contribution in [0.4, 0.5) is 5.82 Å². The molecule has 3 aromatic rings. The van der Waals surface area contributed by atoms with Crippen LogP contribution in [0.3, 0.4) is 0 Å². The van der Waals surface area contributed by atoms with Crippen LogP contribution in [0.1, 0.15) is 19.8 Å². The van der Waals surface area contributed by atoms with Gasteiger partial charge in [-0.05, 0) is 31.9 Å². The second-order valence-corrected chi connectivity index (χ2v) is 6.84. The summed E-state index contributed by atoms with van der Waals surface area (Å²) in [6.45, 7) is 3.70. The van der Waals surface area contributed by atoms with E-state index < -0.39 is 0 Å². The van der Waals surface area contributed by atoms with E-state index in [1.807, 2.05) is 55.5 Å². The van der Waals surface area contributed by atoms with E-state index in [9.17, 15) is 5.11 Å². The van der Waals surface area contributed by atoms with Gasteiger partial charge in [0.05, 0.1) is 11.6 Å². The van der Waals surface area contributed by atoms with E-state index in [0.29, 0.717) is 5.92 Å². The highest BCUT2D eigenvalue weighted by molar-refractivity contribution is 5.91. The van der Waals surface area contributed by atoms with Gasteiger partial charge in [-0.2, -0.15) is 0 Å². The van der Waals surface area contributed by atoms with E-state index in [0.717, 1.165) is 54.0 Å². The fourth-order valence-corrected chi connectivity index (χ4v) is 3.61. The van der Waals surface area contributed by atoms with Crippen molar-refractivity contribution in [1.29, 1.82) is 0 Å². The molecule has 2 unspecified atom stereocenters. The molecule has 1 fully saturated rings. The van der Waals surface area contributed by atoms with Crippen LogP contribution in [0.25, 0.3) is 22.3 Å². The Bertz CT molecular complexity index is 863. The fraction of sp³-hybridized carbons (Fsp3) is 0.333. The lowest BCUT2D eigenvalue weighted by molar-refractivity contribution is 0.115. The second kappa shape index (κ2) is 6.81. The quantitative estimate of drug-likeness (QED) is 0.790. The van der Waals surface area contributed by atoms with E-state index >= 15 is 0 Å². The van der Waals surface area contributed by atoms with E-state index in [2.05, 4.69) is 11.0 Å². The monoisotopic (exact) mass is 333 g/mol. The van der Waals surface area contributed by atoms with Crippen LogP contribution in [-0.2, 0) is 0 Å². The summed E-state index contributed by atoms with van der Waals surface area (Å²) in [7, 11) is 0. The van der Waals surface area contributed by atoms with Crippen molar-refractivity contribution in [2.45, 2.75) is 25.9 Å². The molecule has 0 aliphatic carbocycles. The Hall–Kier alpha value is -2.46. The van der Waals surface area contributed by atoms with Crippen LogP contribution < -0.4 is 4.90 Å². The van der Waals surface area contributed by atoms with E-state index in [4.69, 9.17) is 9.97 Å². The average Bonchev–Trinajstić information content (AvgIpc) is 2.68. The number of fused-ring (bicyclic) bond motifs is 1. The van der Waals surface area contributed by atoms with Crippen LogP contribution in [0.5, 0.6) is 0 Å². The molecule has 2 aromatic carbocycles. The van der Waals surface area contributed by atoms with Gasteiger partial charge in [-0.1, -0.05) is 42.5 Å². The van der Waals surface area contributed by atoms with E-state index in [-0.39, 0.29) is 6.10 Å². The third kappa shape index (κ3) is 3.22. The Morgan fingerprint density at radius 3 is 2.60 bits per heavy atom. The summed E-state index contributed by atoms with van der Waals surface area (Å²) in [6, 6.07) is 18.3. The third-order valence-electron chi connectivity index (χ3n) is 5.05. The van der Waals surface area contributed by atoms with Crippen molar-refractivity contribution in [3.63, 3.8) is 0 Å². The first kappa shape index (κ1) is 16.0. The summed E-state index contributed by atoms with van der Waals surface area (Å²) in [6.07, 6.45) is 1.86. The predicted molar refractivity (Wildman–Crippen MR) is 102 cm³/mol. The second-order valence-electron chi connectivity index (χ2n) is 6.84. The van der Waals surface area contributed by atoms with Gasteiger partial charge in [-0.15, -0.1) is 0 Å². The first-order valence-electron chi connectivity index (χ1n) is 8.97. The number of benzene rings is 2. The fourth-order valence-electron chi connectivity index (χ4n) is 3.61. The Morgan fingerprint density at radius 1 is 1.04 bits per heavy atom. The van der Waals surface area contributed by atoms with Crippen LogP contribution in [0.15, 0.2) is 54.6 Å². The van der Waals surface area contributed by atoms with Gasteiger partial charge in [-0.3, -0.25) is 0 Å². The molecule has 1 aliphatic rings. The molecule has 4 rings (SSSR count). The number of rotatable bonds is 3. The summed E-state index contributed by atoms with van der Waals surface area (Å²) >= 11 is 0. The van der Waals surface area contributed by atoms with Gasteiger partial charge >= 0.3 is 0 Å². The zero-order chi connectivity index (χ0) is 17.2. The minimum Gasteiger partial charge on any atom is -0.393 e. The maximum absolute atomic E-state index is 10.0. The summed E-state index contributed by atoms with van der Waals surface area (Å²) in [5, 5.41) is 11.1. The lowest BCUT2D eigenvalue weighted by atomic mass is 9.93.